The molecular formula is C13H17BrN2O2. The fourth-order valence-corrected chi connectivity index (χ4v) is 2.56. The molecule has 1 amide bonds. The number of hydrogen-bond acceptors (Lipinski definition) is 3. The molecule has 1 N–H and O–H groups in total. The topological polar surface area (TPSA) is 41.6 Å². The minimum Gasteiger partial charge on any atom is -0.479 e. The van der Waals surface area contributed by atoms with E-state index in [2.05, 4.69) is 21.2 Å². The fraction of sp³-hybridized carbons (Fsp3) is 0.462. The van der Waals surface area contributed by atoms with Crippen LogP contribution in [-0.2, 0) is 11.3 Å². The molecule has 1 saturated heterocycles. The normalized spacial score (nSPS) is 19.4. The second kappa shape index (κ2) is 5.71. The van der Waals surface area contributed by atoms with Crippen LogP contribution in [0.1, 0.15) is 12.0 Å². The number of nitrogens with one attached hydrogen (secondary N) is 1. The van der Waals surface area contributed by atoms with Crippen LogP contribution in [0.15, 0.2) is 22.7 Å². The van der Waals surface area contributed by atoms with Crippen molar-refractivity contribution in [3.63, 3.8) is 0 Å². The fourth-order valence-electron chi connectivity index (χ4n) is 2.06. The van der Waals surface area contributed by atoms with Crippen molar-refractivity contribution >= 4 is 21.8 Å². The third kappa shape index (κ3) is 2.67. The van der Waals surface area contributed by atoms with E-state index in [1.54, 1.807) is 11.9 Å². The molecule has 1 aromatic rings. The van der Waals surface area contributed by atoms with Crippen molar-refractivity contribution in [1.29, 1.82) is 0 Å². The molecule has 4 nitrogen and oxygen atoms in total. The summed E-state index contributed by atoms with van der Waals surface area (Å²) >= 11 is 3.48. The Labute approximate surface area is 115 Å². The molecule has 1 heterocycles. The summed E-state index contributed by atoms with van der Waals surface area (Å²) in [6.45, 7) is 1.47. The Balaban J connectivity index is 2.20. The van der Waals surface area contributed by atoms with Crippen LogP contribution in [-0.4, -0.2) is 37.6 Å². The van der Waals surface area contributed by atoms with E-state index in [9.17, 15) is 4.79 Å². The maximum atomic E-state index is 11.9. The second-order valence-electron chi connectivity index (χ2n) is 4.41. The summed E-state index contributed by atoms with van der Waals surface area (Å²) in [5, 5.41) is 3.10. The molecule has 1 aromatic carbocycles. The highest BCUT2D eigenvalue weighted by Gasteiger charge is 2.31. The predicted octanol–water partition coefficient (Wildman–Crippen LogP) is 1.78. The van der Waals surface area contributed by atoms with Crippen molar-refractivity contribution < 1.29 is 9.53 Å². The summed E-state index contributed by atoms with van der Waals surface area (Å²) in [5.41, 5.74) is 1.05. The van der Waals surface area contributed by atoms with Crippen molar-refractivity contribution in [2.24, 2.45) is 0 Å². The average molecular weight is 313 g/mol. The predicted molar refractivity (Wildman–Crippen MR) is 73.6 cm³/mol. The quantitative estimate of drug-likeness (QED) is 0.921. The zero-order valence-corrected chi connectivity index (χ0v) is 12.2. The molecular weight excluding hydrogens is 296 g/mol. The maximum Gasteiger partial charge on any atom is 0.263 e. The van der Waals surface area contributed by atoms with Gasteiger partial charge in [0.15, 0.2) is 6.10 Å². The number of carbonyl (C=O) groups is 1. The third-order valence-electron chi connectivity index (χ3n) is 3.05. The number of amides is 1. The van der Waals surface area contributed by atoms with Crippen molar-refractivity contribution in [1.82, 2.24) is 10.2 Å². The van der Waals surface area contributed by atoms with Crippen molar-refractivity contribution in [3.8, 4) is 5.75 Å². The first-order valence-electron chi connectivity index (χ1n) is 5.97. The van der Waals surface area contributed by atoms with Gasteiger partial charge in [0, 0.05) is 32.1 Å². The number of nitrogens with zero attached hydrogens (tertiary/aromatic N) is 1. The molecule has 98 valence electrons. The van der Waals surface area contributed by atoms with Crippen LogP contribution in [0.4, 0.5) is 0 Å². The largest absolute Gasteiger partial charge is 0.479 e. The maximum absolute atomic E-state index is 11.9. The molecule has 1 unspecified atom stereocenters. The lowest BCUT2D eigenvalue weighted by Crippen LogP contribution is -2.29. The van der Waals surface area contributed by atoms with Crippen LogP contribution in [0, 0.1) is 0 Å². The van der Waals surface area contributed by atoms with Gasteiger partial charge in [0.25, 0.3) is 5.91 Å². The Kier molecular flexibility index (Phi) is 4.24. The Morgan fingerprint density at radius 2 is 2.33 bits per heavy atom. The van der Waals surface area contributed by atoms with Gasteiger partial charge in [-0.25, -0.2) is 0 Å². The first-order valence-corrected chi connectivity index (χ1v) is 6.76. The molecule has 0 radical (unpaired) electrons. The van der Waals surface area contributed by atoms with Gasteiger partial charge in [-0.1, -0.05) is 12.1 Å². The number of hydrogen-bond donors (Lipinski definition) is 1. The average Bonchev–Trinajstić information content (AvgIpc) is 2.65. The number of para-hydroxylation sites is 1. The summed E-state index contributed by atoms with van der Waals surface area (Å²) in [5.74, 6) is 0.821. The van der Waals surface area contributed by atoms with E-state index in [0.29, 0.717) is 6.54 Å². The minimum atomic E-state index is -0.357. The molecule has 0 spiro atoms. The number of likely N-dealkylation sites (N-methyl/N-ethyl adjacent to an activating group) is 1. The highest BCUT2D eigenvalue weighted by molar-refractivity contribution is 9.10. The summed E-state index contributed by atoms with van der Waals surface area (Å²) in [6.07, 6.45) is 0.389. The van der Waals surface area contributed by atoms with Gasteiger partial charge in [0.1, 0.15) is 5.75 Å². The van der Waals surface area contributed by atoms with Gasteiger partial charge in [0.05, 0.1) is 4.47 Å². The van der Waals surface area contributed by atoms with E-state index >= 15 is 0 Å². The van der Waals surface area contributed by atoms with Gasteiger partial charge in [-0.3, -0.25) is 4.79 Å². The molecule has 0 aliphatic carbocycles. The zero-order chi connectivity index (χ0) is 13.1. The molecule has 1 fully saturated rings. The van der Waals surface area contributed by atoms with E-state index in [4.69, 9.17) is 4.74 Å². The highest BCUT2D eigenvalue weighted by atomic mass is 79.9. The molecule has 0 aromatic heterocycles. The van der Waals surface area contributed by atoms with Crippen LogP contribution in [0.3, 0.4) is 0 Å². The lowest BCUT2D eigenvalue weighted by molar-refractivity contribution is -0.132. The smallest absolute Gasteiger partial charge is 0.263 e. The van der Waals surface area contributed by atoms with E-state index in [0.717, 1.165) is 28.8 Å². The van der Waals surface area contributed by atoms with Gasteiger partial charge >= 0.3 is 0 Å². The number of halogens is 1. The molecule has 18 heavy (non-hydrogen) atoms. The molecule has 2 rings (SSSR count). The van der Waals surface area contributed by atoms with E-state index in [1.165, 1.54) is 0 Å². The number of likely N-dealkylation sites (tertiary alicyclic amines) is 1. The first kappa shape index (κ1) is 13.4. The van der Waals surface area contributed by atoms with Crippen LogP contribution in [0.5, 0.6) is 5.75 Å². The lowest BCUT2D eigenvalue weighted by Gasteiger charge is -2.17. The van der Waals surface area contributed by atoms with Gasteiger partial charge in [-0.15, -0.1) is 0 Å². The summed E-state index contributed by atoms with van der Waals surface area (Å²) in [4.78, 5) is 13.6. The Hall–Kier alpha value is -1.07. The van der Waals surface area contributed by atoms with Gasteiger partial charge in [0.2, 0.25) is 0 Å². The summed E-state index contributed by atoms with van der Waals surface area (Å²) < 4.78 is 6.78. The van der Waals surface area contributed by atoms with Crippen molar-refractivity contribution in [2.45, 2.75) is 19.1 Å². The molecule has 5 heteroatoms. The van der Waals surface area contributed by atoms with Gasteiger partial charge < -0.3 is 15.0 Å². The number of benzene rings is 1. The lowest BCUT2D eigenvalue weighted by atomic mass is 10.2. The summed E-state index contributed by atoms with van der Waals surface area (Å²) in [6, 6.07) is 5.89. The molecule has 0 saturated carbocycles. The second-order valence-corrected chi connectivity index (χ2v) is 5.27. The minimum absolute atomic E-state index is 0.0566. The Morgan fingerprint density at radius 1 is 1.56 bits per heavy atom. The zero-order valence-electron chi connectivity index (χ0n) is 10.6. The van der Waals surface area contributed by atoms with Crippen LogP contribution < -0.4 is 10.1 Å². The SMILES string of the molecule is CNCc1cccc(Br)c1OC1CCN(C)C1=O. The molecule has 1 aliphatic heterocycles. The van der Waals surface area contributed by atoms with Crippen molar-refractivity contribution in [3.05, 3.63) is 28.2 Å². The van der Waals surface area contributed by atoms with E-state index < -0.39 is 0 Å². The standard InChI is InChI=1S/C13H17BrN2O2/c1-15-8-9-4-3-5-10(14)12(9)18-11-6-7-16(2)13(11)17/h3-5,11,15H,6-8H2,1-2H3. The summed E-state index contributed by atoms with van der Waals surface area (Å²) in [7, 11) is 3.69. The van der Waals surface area contributed by atoms with E-state index in [1.807, 2.05) is 25.2 Å². The van der Waals surface area contributed by atoms with Crippen molar-refractivity contribution in [2.75, 3.05) is 20.6 Å². The Bertz CT molecular complexity index is 451. The van der Waals surface area contributed by atoms with Crippen LogP contribution in [0.25, 0.3) is 0 Å². The first-order chi connectivity index (χ1) is 8.63. The molecule has 0 bridgehead atoms. The van der Waals surface area contributed by atoms with Gasteiger partial charge in [-0.05, 0) is 29.0 Å². The van der Waals surface area contributed by atoms with Crippen LogP contribution in [0.2, 0.25) is 0 Å². The Morgan fingerprint density at radius 3 is 2.94 bits per heavy atom. The highest BCUT2D eigenvalue weighted by Crippen LogP contribution is 2.31. The number of rotatable bonds is 4. The van der Waals surface area contributed by atoms with E-state index in [-0.39, 0.29) is 12.0 Å². The van der Waals surface area contributed by atoms with Crippen LogP contribution >= 0.6 is 15.9 Å². The molecule has 1 aliphatic rings. The monoisotopic (exact) mass is 312 g/mol. The van der Waals surface area contributed by atoms with Gasteiger partial charge in [-0.2, -0.15) is 0 Å². The number of ether oxygens (including phenoxy) is 1. The molecule has 1 atom stereocenters. The third-order valence-corrected chi connectivity index (χ3v) is 3.68. The number of carbonyl (C=O) groups excluding carboxylic acids is 1.